The number of ether oxygens (including phenoxy) is 1. The summed E-state index contributed by atoms with van der Waals surface area (Å²) in [6.45, 7) is 3.23. The number of benzene rings is 1. The maximum absolute atomic E-state index is 6.37. The van der Waals surface area contributed by atoms with Crippen LogP contribution in [0.1, 0.15) is 24.2 Å². The van der Waals surface area contributed by atoms with Crippen LogP contribution in [0.25, 0.3) is 0 Å². The number of thiocarbonyl (C=S) groups is 1. The van der Waals surface area contributed by atoms with E-state index in [9.17, 15) is 0 Å². The highest BCUT2D eigenvalue weighted by molar-refractivity contribution is 8.22. The fourth-order valence-electron chi connectivity index (χ4n) is 1.97. The summed E-state index contributed by atoms with van der Waals surface area (Å²) in [5, 5.41) is 1.42. The Morgan fingerprint density at radius 3 is 2.61 bits per heavy atom. The van der Waals surface area contributed by atoms with Crippen molar-refractivity contribution in [2.45, 2.75) is 25.1 Å². The molecule has 1 aromatic heterocycles. The molecule has 2 aromatic rings. The number of imidazole rings is 1. The van der Waals surface area contributed by atoms with Crippen molar-refractivity contribution < 1.29 is 4.74 Å². The molecule has 0 N–H and O–H groups in total. The fraction of sp³-hybridized carbons (Fsp3) is 0.333. The van der Waals surface area contributed by atoms with Gasteiger partial charge in [0.2, 0.25) is 4.38 Å². The number of hydrogen-bond donors (Lipinski definition) is 0. The van der Waals surface area contributed by atoms with Crippen LogP contribution in [0.4, 0.5) is 0 Å². The highest BCUT2D eigenvalue weighted by Crippen LogP contribution is 2.41. The first kappa shape index (κ1) is 18.9. The van der Waals surface area contributed by atoms with E-state index in [0.717, 1.165) is 12.0 Å². The van der Waals surface area contributed by atoms with E-state index in [1.807, 2.05) is 17.7 Å². The SMILES string of the molecule is CCCOC(=S)SC(Cn1ccnc1)c1c(Cl)cc(Cl)cc1Cl. The van der Waals surface area contributed by atoms with E-state index >= 15 is 0 Å². The highest BCUT2D eigenvalue weighted by Gasteiger charge is 2.22. The number of thioether (sulfide) groups is 1. The minimum atomic E-state index is -0.106. The third-order valence-corrected chi connectivity index (χ3v) is 5.19. The Labute approximate surface area is 160 Å². The Bertz CT molecular complexity index is 642. The Morgan fingerprint density at radius 2 is 2.04 bits per heavy atom. The summed E-state index contributed by atoms with van der Waals surface area (Å²) in [5.74, 6) is 0. The molecule has 0 saturated heterocycles. The average Bonchev–Trinajstić information content (AvgIpc) is 2.96. The standard InChI is InChI=1S/C15H15Cl3N2OS2/c1-2-5-21-15(22)23-13(8-20-4-3-19-9-20)14-11(17)6-10(16)7-12(14)18/h3-4,6-7,9,13H,2,5,8H2,1H3. The number of nitrogens with zero attached hydrogens (tertiary/aromatic N) is 2. The molecule has 1 atom stereocenters. The van der Waals surface area contributed by atoms with Gasteiger partial charge in [0.15, 0.2) is 0 Å². The third-order valence-electron chi connectivity index (χ3n) is 2.96. The molecule has 0 aliphatic heterocycles. The number of hydrogen-bond acceptors (Lipinski definition) is 4. The Hall–Kier alpha value is -0.460. The van der Waals surface area contributed by atoms with E-state index in [1.165, 1.54) is 11.8 Å². The van der Waals surface area contributed by atoms with E-state index in [1.54, 1.807) is 24.7 Å². The van der Waals surface area contributed by atoms with Crippen molar-refractivity contribution in [2.24, 2.45) is 0 Å². The van der Waals surface area contributed by atoms with E-state index in [0.29, 0.717) is 32.6 Å². The molecule has 2 rings (SSSR count). The summed E-state index contributed by atoms with van der Waals surface area (Å²) in [5.41, 5.74) is 0.791. The van der Waals surface area contributed by atoms with Gasteiger partial charge >= 0.3 is 0 Å². The van der Waals surface area contributed by atoms with Gasteiger partial charge in [-0.1, -0.05) is 53.5 Å². The summed E-state index contributed by atoms with van der Waals surface area (Å²) < 4.78 is 7.94. The highest BCUT2D eigenvalue weighted by atomic mass is 35.5. The summed E-state index contributed by atoms with van der Waals surface area (Å²) >= 11 is 25.5. The number of halogens is 3. The lowest BCUT2D eigenvalue weighted by molar-refractivity contribution is 0.321. The smallest absolute Gasteiger partial charge is 0.220 e. The van der Waals surface area contributed by atoms with E-state index in [-0.39, 0.29) is 5.25 Å². The second-order valence-corrected chi connectivity index (χ2v) is 7.80. The molecule has 3 nitrogen and oxygen atoms in total. The molecule has 0 saturated carbocycles. The second kappa shape index (κ2) is 9.14. The molecule has 1 unspecified atom stereocenters. The Morgan fingerprint density at radius 1 is 1.35 bits per heavy atom. The van der Waals surface area contributed by atoms with Gasteiger partial charge in [0.25, 0.3) is 0 Å². The molecule has 0 aliphatic rings. The first-order valence-electron chi connectivity index (χ1n) is 6.94. The van der Waals surface area contributed by atoms with Crippen LogP contribution in [0.3, 0.4) is 0 Å². The second-order valence-electron chi connectivity index (χ2n) is 4.75. The van der Waals surface area contributed by atoms with Crippen molar-refractivity contribution in [1.82, 2.24) is 9.55 Å². The van der Waals surface area contributed by atoms with Gasteiger partial charge in [-0.05, 0) is 30.8 Å². The maximum atomic E-state index is 6.37. The minimum absolute atomic E-state index is 0.106. The maximum Gasteiger partial charge on any atom is 0.220 e. The number of rotatable bonds is 6. The molecule has 8 heteroatoms. The van der Waals surface area contributed by atoms with Crippen molar-refractivity contribution in [3.63, 3.8) is 0 Å². The minimum Gasteiger partial charge on any atom is -0.479 e. The predicted octanol–water partition coefficient (Wildman–Crippen LogP) is 6.03. The van der Waals surface area contributed by atoms with Crippen molar-refractivity contribution in [1.29, 1.82) is 0 Å². The van der Waals surface area contributed by atoms with Crippen molar-refractivity contribution in [3.8, 4) is 0 Å². The van der Waals surface area contributed by atoms with Crippen molar-refractivity contribution >= 4 is 63.2 Å². The fourth-order valence-corrected chi connectivity index (χ4v) is 4.61. The predicted molar refractivity (Wildman–Crippen MR) is 103 cm³/mol. The largest absolute Gasteiger partial charge is 0.479 e. The monoisotopic (exact) mass is 408 g/mol. The molecular formula is C15H15Cl3N2OS2. The molecule has 124 valence electrons. The molecule has 0 fully saturated rings. The lowest BCUT2D eigenvalue weighted by atomic mass is 10.1. The topological polar surface area (TPSA) is 27.1 Å². The van der Waals surface area contributed by atoms with E-state index < -0.39 is 0 Å². The van der Waals surface area contributed by atoms with Gasteiger partial charge in [-0.3, -0.25) is 0 Å². The molecule has 0 radical (unpaired) electrons. The van der Waals surface area contributed by atoms with Gasteiger partial charge in [0, 0.05) is 39.6 Å². The molecule has 0 spiro atoms. The molecule has 0 aliphatic carbocycles. The van der Waals surface area contributed by atoms with Gasteiger partial charge in [-0.25, -0.2) is 4.98 Å². The lowest BCUT2D eigenvalue weighted by Gasteiger charge is -2.20. The number of aromatic nitrogens is 2. The van der Waals surface area contributed by atoms with Crippen LogP contribution in [0.15, 0.2) is 30.9 Å². The zero-order valence-electron chi connectivity index (χ0n) is 12.3. The van der Waals surface area contributed by atoms with Crippen LogP contribution >= 0.6 is 58.8 Å². The zero-order chi connectivity index (χ0) is 16.8. The van der Waals surface area contributed by atoms with Crippen LogP contribution in [0, 0.1) is 0 Å². The molecule has 0 amide bonds. The molecule has 1 heterocycles. The third kappa shape index (κ3) is 5.54. The van der Waals surface area contributed by atoms with Gasteiger partial charge in [-0.15, -0.1) is 0 Å². The van der Waals surface area contributed by atoms with Crippen LogP contribution in [-0.4, -0.2) is 20.5 Å². The molecular weight excluding hydrogens is 395 g/mol. The first-order valence-corrected chi connectivity index (χ1v) is 9.37. The van der Waals surface area contributed by atoms with Gasteiger partial charge in [0.1, 0.15) is 0 Å². The van der Waals surface area contributed by atoms with Gasteiger partial charge in [-0.2, -0.15) is 0 Å². The van der Waals surface area contributed by atoms with E-state index in [4.69, 9.17) is 51.8 Å². The Kier molecular flexibility index (Phi) is 7.50. The van der Waals surface area contributed by atoms with Crippen LogP contribution in [-0.2, 0) is 11.3 Å². The van der Waals surface area contributed by atoms with Crippen molar-refractivity contribution in [3.05, 3.63) is 51.5 Å². The zero-order valence-corrected chi connectivity index (χ0v) is 16.2. The summed E-state index contributed by atoms with van der Waals surface area (Å²) in [6.07, 6.45) is 6.23. The lowest BCUT2D eigenvalue weighted by Crippen LogP contribution is -2.10. The molecule has 0 bridgehead atoms. The average molecular weight is 410 g/mol. The molecule has 23 heavy (non-hydrogen) atoms. The van der Waals surface area contributed by atoms with Crippen LogP contribution < -0.4 is 0 Å². The summed E-state index contributed by atoms with van der Waals surface area (Å²) in [7, 11) is 0. The summed E-state index contributed by atoms with van der Waals surface area (Å²) in [4.78, 5) is 4.06. The quantitative estimate of drug-likeness (QED) is 0.544. The van der Waals surface area contributed by atoms with Gasteiger partial charge < -0.3 is 9.30 Å². The van der Waals surface area contributed by atoms with Crippen molar-refractivity contribution in [2.75, 3.05) is 6.61 Å². The van der Waals surface area contributed by atoms with Gasteiger partial charge in [0.05, 0.1) is 18.2 Å². The summed E-state index contributed by atoms with van der Waals surface area (Å²) in [6, 6.07) is 3.36. The molecule has 1 aromatic carbocycles. The van der Waals surface area contributed by atoms with E-state index in [2.05, 4.69) is 4.98 Å². The van der Waals surface area contributed by atoms with Crippen LogP contribution in [0.2, 0.25) is 15.1 Å². The van der Waals surface area contributed by atoms with Crippen LogP contribution in [0.5, 0.6) is 0 Å². The Balaban J connectivity index is 2.27. The normalized spacial score (nSPS) is 12.2. The first-order chi connectivity index (χ1) is 11.0.